The lowest BCUT2D eigenvalue weighted by Crippen LogP contribution is -2.50. The quantitative estimate of drug-likeness (QED) is 0.825. The molecule has 10 heteroatoms. The Kier molecular flexibility index (Phi) is 4.90. The Hall–Kier alpha value is -2.72. The molecule has 0 radical (unpaired) electrons. The van der Waals surface area contributed by atoms with E-state index in [1.807, 2.05) is 11.2 Å². The van der Waals surface area contributed by atoms with Crippen molar-refractivity contribution in [3.05, 3.63) is 54.9 Å². The van der Waals surface area contributed by atoms with Crippen LogP contribution in [0.4, 0.5) is 16.0 Å². The highest BCUT2D eigenvalue weighted by Gasteiger charge is 2.28. The van der Waals surface area contributed by atoms with Crippen LogP contribution >= 0.6 is 0 Å². The monoisotopic (exact) mass is 404 g/mol. The molecule has 2 aliphatic heterocycles. The summed E-state index contributed by atoms with van der Waals surface area (Å²) in [6.45, 7) is 1.66. The minimum Gasteiger partial charge on any atom is -0.341 e. The van der Waals surface area contributed by atoms with Gasteiger partial charge in [-0.3, -0.25) is 10.0 Å². The van der Waals surface area contributed by atoms with Crippen molar-refractivity contribution in [1.29, 1.82) is 0 Å². The van der Waals surface area contributed by atoms with Crippen LogP contribution in [0.5, 0.6) is 0 Å². The van der Waals surface area contributed by atoms with Crippen LogP contribution in [0.2, 0.25) is 0 Å². The molecule has 8 nitrogen and oxygen atoms in total. The van der Waals surface area contributed by atoms with Crippen LogP contribution in [-0.2, 0) is 9.84 Å². The predicted octanol–water partition coefficient (Wildman–Crippen LogP) is 1.70. The van der Waals surface area contributed by atoms with Crippen LogP contribution in [0.1, 0.15) is 12.8 Å². The number of nitrogens with one attached hydrogen (secondary N) is 1. The van der Waals surface area contributed by atoms with Crippen molar-refractivity contribution >= 4 is 21.5 Å². The van der Waals surface area contributed by atoms with Crippen molar-refractivity contribution in [2.24, 2.45) is 0 Å². The third kappa shape index (κ3) is 3.78. The molecule has 0 bridgehead atoms. The van der Waals surface area contributed by atoms with Crippen LogP contribution in [0.3, 0.4) is 0 Å². The van der Waals surface area contributed by atoms with E-state index in [1.165, 1.54) is 12.1 Å². The van der Waals surface area contributed by atoms with Crippen LogP contribution in [-0.4, -0.2) is 48.8 Å². The highest BCUT2D eigenvalue weighted by molar-refractivity contribution is 7.90. The minimum atomic E-state index is -3.44. The van der Waals surface area contributed by atoms with E-state index in [0.717, 1.165) is 44.2 Å². The third-order valence-electron chi connectivity index (χ3n) is 4.90. The summed E-state index contributed by atoms with van der Waals surface area (Å²) in [5.41, 5.74) is 3.41. The molecule has 0 aliphatic carbocycles. The number of aromatic nitrogens is 2. The first-order valence-electron chi connectivity index (χ1n) is 8.95. The summed E-state index contributed by atoms with van der Waals surface area (Å²) in [7, 11) is -3.44. The number of halogens is 1. The Morgan fingerprint density at radius 2 is 1.86 bits per heavy atom. The maximum absolute atomic E-state index is 14.4. The van der Waals surface area contributed by atoms with Crippen LogP contribution in [0.15, 0.2) is 54.0 Å². The van der Waals surface area contributed by atoms with Gasteiger partial charge in [0.15, 0.2) is 9.84 Å². The molecule has 0 saturated carbocycles. The molecule has 0 unspecified atom stereocenters. The van der Waals surface area contributed by atoms with E-state index in [9.17, 15) is 12.8 Å². The summed E-state index contributed by atoms with van der Waals surface area (Å²) >= 11 is 0. The summed E-state index contributed by atoms with van der Waals surface area (Å²) in [6.07, 6.45) is 9.93. The number of hydrazine groups is 2. The van der Waals surface area contributed by atoms with Crippen molar-refractivity contribution in [3.63, 3.8) is 0 Å². The van der Waals surface area contributed by atoms with E-state index in [1.54, 1.807) is 29.7 Å². The fourth-order valence-electron chi connectivity index (χ4n) is 3.38. The van der Waals surface area contributed by atoms with Crippen molar-refractivity contribution in [2.45, 2.75) is 23.8 Å². The molecule has 3 heterocycles. The Labute approximate surface area is 163 Å². The fraction of sp³-hybridized carbons (Fsp3) is 0.333. The molecule has 148 valence electrons. The molecule has 1 N–H and O–H groups in total. The van der Waals surface area contributed by atoms with Gasteiger partial charge in [-0.15, -0.1) is 5.53 Å². The number of rotatable bonds is 4. The minimum absolute atomic E-state index is 0.0377. The zero-order valence-electron chi connectivity index (χ0n) is 15.4. The second-order valence-corrected chi connectivity index (χ2v) is 8.84. The first-order valence-corrected chi connectivity index (χ1v) is 10.8. The first-order chi connectivity index (χ1) is 13.4. The zero-order valence-corrected chi connectivity index (χ0v) is 16.2. The van der Waals surface area contributed by atoms with Gasteiger partial charge < -0.3 is 4.90 Å². The maximum Gasteiger partial charge on any atom is 0.225 e. The van der Waals surface area contributed by atoms with Gasteiger partial charge in [0.1, 0.15) is 5.82 Å². The van der Waals surface area contributed by atoms with E-state index in [0.29, 0.717) is 0 Å². The zero-order chi connectivity index (χ0) is 19.7. The molecule has 1 aromatic heterocycles. The van der Waals surface area contributed by atoms with Gasteiger partial charge in [-0.1, -0.05) is 0 Å². The average molecular weight is 404 g/mol. The van der Waals surface area contributed by atoms with Gasteiger partial charge >= 0.3 is 0 Å². The lowest BCUT2D eigenvalue weighted by Gasteiger charge is -2.37. The molecule has 2 aliphatic rings. The second-order valence-electron chi connectivity index (χ2n) is 6.83. The van der Waals surface area contributed by atoms with Gasteiger partial charge in [0.2, 0.25) is 5.95 Å². The summed E-state index contributed by atoms with van der Waals surface area (Å²) in [4.78, 5) is 10.7. The van der Waals surface area contributed by atoms with E-state index >= 15 is 0 Å². The highest BCUT2D eigenvalue weighted by atomic mass is 32.2. The highest BCUT2D eigenvalue weighted by Crippen LogP contribution is 2.26. The standard InChI is InChI=1S/C18H21FN6O2S/c1-28(26,27)15-3-4-17(16(19)13-15)25-12-11-24(22-25)14-5-9-23(10-6-14)18-20-7-2-8-21-18/h2-4,7-8,11-14,22H,5-6,9-10H2,1H3. The van der Waals surface area contributed by atoms with Crippen molar-refractivity contribution < 1.29 is 12.8 Å². The van der Waals surface area contributed by atoms with E-state index in [-0.39, 0.29) is 16.6 Å². The van der Waals surface area contributed by atoms with Crippen molar-refractivity contribution in [1.82, 2.24) is 20.5 Å². The predicted molar refractivity (Wildman–Crippen MR) is 103 cm³/mol. The van der Waals surface area contributed by atoms with Crippen LogP contribution in [0.25, 0.3) is 0 Å². The molecule has 1 aromatic carbocycles. The Morgan fingerprint density at radius 3 is 2.50 bits per heavy atom. The molecular weight excluding hydrogens is 383 g/mol. The summed E-state index contributed by atoms with van der Waals surface area (Å²) in [5, 5.41) is 3.50. The molecule has 28 heavy (non-hydrogen) atoms. The van der Waals surface area contributed by atoms with Gasteiger partial charge in [-0.25, -0.2) is 22.8 Å². The van der Waals surface area contributed by atoms with Crippen molar-refractivity contribution in [2.75, 3.05) is 29.3 Å². The third-order valence-corrected chi connectivity index (χ3v) is 6.01. The average Bonchev–Trinajstić information content (AvgIpc) is 3.18. The van der Waals surface area contributed by atoms with Crippen LogP contribution in [0, 0.1) is 5.82 Å². The molecule has 0 spiro atoms. The van der Waals surface area contributed by atoms with Gasteiger partial charge in [0.25, 0.3) is 0 Å². The fourth-order valence-corrected chi connectivity index (χ4v) is 4.01. The molecule has 4 rings (SSSR count). The number of hydrogen-bond donors (Lipinski definition) is 1. The molecule has 1 fully saturated rings. The second kappa shape index (κ2) is 7.36. The molecule has 2 aromatic rings. The lowest BCUT2D eigenvalue weighted by atomic mass is 10.1. The van der Waals surface area contributed by atoms with Gasteiger partial charge in [0, 0.05) is 50.2 Å². The number of hydrogen-bond acceptors (Lipinski definition) is 8. The SMILES string of the molecule is CS(=O)(=O)c1ccc(N2C=CN(C3CCN(c4ncccn4)CC3)N2)c(F)c1. The number of anilines is 2. The Balaban J connectivity index is 1.38. The molecule has 0 atom stereocenters. The summed E-state index contributed by atoms with van der Waals surface area (Å²) in [5.74, 6) is 0.138. The largest absolute Gasteiger partial charge is 0.341 e. The van der Waals surface area contributed by atoms with Crippen LogP contribution < -0.4 is 15.4 Å². The molecule has 1 saturated heterocycles. The topological polar surface area (TPSA) is 81.7 Å². The summed E-state index contributed by atoms with van der Waals surface area (Å²) in [6, 6.07) is 5.96. The number of nitrogens with zero attached hydrogens (tertiary/aromatic N) is 5. The number of piperidine rings is 1. The molecular formula is C18H21FN6O2S. The number of sulfone groups is 1. The smallest absolute Gasteiger partial charge is 0.225 e. The van der Waals surface area contributed by atoms with Crippen molar-refractivity contribution in [3.8, 4) is 0 Å². The maximum atomic E-state index is 14.4. The Morgan fingerprint density at radius 1 is 1.14 bits per heavy atom. The molecule has 0 amide bonds. The Bertz CT molecular complexity index is 977. The van der Waals surface area contributed by atoms with E-state index in [4.69, 9.17) is 0 Å². The van der Waals surface area contributed by atoms with Gasteiger partial charge in [0.05, 0.1) is 10.6 Å². The van der Waals surface area contributed by atoms with Gasteiger partial charge in [-0.2, -0.15) is 0 Å². The lowest BCUT2D eigenvalue weighted by molar-refractivity contribution is 0.183. The summed E-state index contributed by atoms with van der Waals surface area (Å²) < 4.78 is 37.6. The first kappa shape index (κ1) is 18.6. The number of benzene rings is 1. The normalized spacial score (nSPS) is 18.1. The van der Waals surface area contributed by atoms with E-state index in [2.05, 4.69) is 20.4 Å². The van der Waals surface area contributed by atoms with E-state index < -0.39 is 15.7 Å². The van der Waals surface area contributed by atoms with Gasteiger partial charge in [-0.05, 0) is 37.1 Å².